The van der Waals surface area contributed by atoms with E-state index in [0.717, 1.165) is 12.7 Å². The average Bonchev–Trinajstić information content (AvgIpc) is 2.16. The van der Waals surface area contributed by atoms with E-state index in [-0.39, 0.29) is 15.8 Å². The highest BCUT2D eigenvalue weighted by Crippen LogP contribution is 1.99. The molecular formula is C9H23NO3Si. The predicted molar refractivity (Wildman–Crippen MR) is 60.5 cm³/mol. The van der Waals surface area contributed by atoms with Gasteiger partial charge in [-0.25, -0.2) is 0 Å². The van der Waals surface area contributed by atoms with Crippen molar-refractivity contribution in [1.29, 1.82) is 0 Å². The standard InChI is InChI=1S/C9H23NO3Si/c1-10(2)8-13-5-6-14-7-9(11-3)12-4/h9H,5-8,14H2,1-4H3. The summed E-state index contributed by atoms with van der Waals surface area (Å²) in [7, 11) is 7.28. The van der Waals surface area contributed by atoms with Crippen LogP contribution in [0.4, 0.5) is 0 Å². The van der Waals surface area contributed by atoms with Crippen LogP contribution in [0.1, 0.15) is 0 Å². The first-order chi connectivity index (χ1) is 6.70. The summed E-state index contributed by atoms with van der Waals surface area (Å²) in [5.74, 6) is 0. The lowest BCUT2D eigenvalue weighted by molar-refractivity contribution is -0.0876. The molecule has 0 aliphatic heterocycles. The lowest BCUT2D eigenvalue weighted by Gasteiger charge is -2.13. The average molecular weight is 221 g/mol. The Hall–Kier alpha value is 0.0569. The summed E-state index contributed by atoms with van der Waals surface area (Å²) in [6, 6.07) is 2.26. The Morgan fingerprint density at radius 1 is 1.21 bits per heavy atom. The fourth-order valence-corrected chi connectivity index (χ4v) is 2.60. The van der Waals surface area contributed by atoms with Crippen LogP contribution in [0.25, 0.3) is 0 Å². The summed E-state index contributed by atoms with van der Waals surface area (Å²) < 4.78 is 15.6. The van der Waals surface area contributed by atoms with Crippen molar-refractivity contribution in [2.24, 2.45) is 0 Å². The van der Waals surface area contributed by atoms with E-state index in [9.17, 15) is 0 Å². The molecule has 0 rings (SSSR count). The topological polar surface area (TPSA) is 30.9 Å². The van der Waals surface area contributed by atoms with Gasteiger partial charge in [0.2, 0.25) is 0 Å². The number of hydrogen-bond acceptors (Lipinski definition) is 4. The first kappa shape index (κ1) is 14.1. The minimum atomic E-state index is -0.0965. The minimum absolute atomic E-state index is 0.00415. The second-order valence-corrected chi connectivity index (χ2v) is 5.51. The van der Waals surface area contributed by atoms with Gasteiger partial charge in [0, 0.05) is 30.3 Å². The van der Waals surface area contributed by atoms with Crippen LogP contribution >= 0.6 is 0 Å². The van der Waals surface area contributed by atoms with Crippen molar-refractivity contribution in [3.8, 4) is 0 Å². The number of nitrogens with zero attached hydrogens (tertiary/aromatic N) is 1. The Morgan fingerprint density at radius 2 is 1.86 bits per heavy atom. The molecule has 0 amide bonds. The van der Waals surface area contributed by atoms with Crippen molar-refractivity contribution in [3.05, 3.63) is 0 Å². The summed E-state index contributed by atoms with van der Waals surface area (Å²) in [4.78, 5) is 2.02. The summed E-state index contributed by atoms with van der Waals surface area (Å²) in [6.07, 6.45) is -0.00415. The van der Waals surface area contributed by atoms with Crippen molar-refractivity contribution in [2.75, 3.05) is 41.7 Å². The predicted octanol–water partition coefficient (Wildman–Crippen LogP) is 0.146. The lowest BCUT2D eigenvalue weighted by atomic mass is 10.7. The van der Waals surface area contributed by atoms with E-state index in [4.69, 9.17) is 14.2 Å². The lowest BCUT2D eigenvalue weighted by Crippen LogP contribution is -2.18. The van der Waals surface area contributed by atoms with E-state index in [1.54, 1.807) is 14.2 Å². The second-order valence-electron chi connectivity index (χ2n) is 3.51. The maximum atomic E-state index is 5.42. The molecule has 0 aromatic rings. The van der Waals surface area contributed by atoms with Crippen molar-refractivity contribution in [1.82, 2.24) is 4.90 Å². The molecule has 0 saturated carbocycles. The van der Waals surface area contributed by atoms with Crippen LogP contribution in [0, 0.1) is 0 Å². The molecule has 14 heavy (non-hydrogen) atoms. The summed E-state index contributed by atoms with van der Waals surface area (Å²) in [5.41, 5.74) is 0. The van der Waals surface area contributed by atoms with Gasteiger partial charge in [-0.1, -0.05) is 0 Å². The third-order valence-corrected chi connectivity index (χ3v) is 3.52. The van der Waals surface area contributed by atoms with E-state index < -0.39 is 0 Å². The molecule has 0 N–H and O–H groups in total. The van der Waals surface area contributed by atoms with Gasteiger partial charge in [-0.2, -0.15) is 0 Å². The van der Waals surface area contributed by atoms with E-state index in [0.29, 0.717) is 6.73 Å². The van der Waals surface area contributed by atoms with E-state index in [1.165, 1.54) is 6.04 Å². The molecule has 0 aliphatic carbocycles. The van der Waals surface area contributed by atoms with Crippen LogP contribution in [0.5, 0.6) is 0 Å². The molecular weight excluding hydrogens is 198 g/mol. The van der Waals surface area contributed by atoms with Crippen LogP contribution in [0.2, 0.25) is 12.1 Å². The Balaban J connectivity index is 3.12. The first-order valence-corrected chi connectivity index (χ1v) is 6.98. The molecule has 0 unspecified atom stereocenters. The van der Waals surface area contributed by atoms with Crippen LogP contribution in [0.15, 0.2) is 0 Å². The molecule has 0 heterocycles. The first-order valence-electron chi connectivity index (χ1n) is 4.98. The van der Waals surface area contributed by atoms with E-state index >= 15 is 0 Å². The molecule has 0 spiro atoms. The van der Waals surface area contributed by atoms with Crippen molar-refractivity contribution in [2.45, 2.75) is 18.4 Å². The van der Waals surface area contributed by atoms with Gasteiger partial charge in [-0.05, 0) is 26.2 Å². The van der Waals surface area contributed by atoms with Gasteiger partial charge < -0.3 is 14.2 Å². The third kappa shape index (κ3) is 8.65. The highest BCUT2D eigenvalue weighted by Gasteiger charge is 2.03. The summed E-state index contributed by atoms with van der Waals surface area (Å²) >= 11 is 0. The maximum absolute atomic E-state index is 5.42. The van der Waals surface area contributed by atoms with Crippen LogP contribution < -0.4 is 0 Å². The van der Waals surface area contributed by atoms with Gasteiger partial charge in [0.1, 0.15) is 0 Å². The van der Waals surface area contributed by atoms with Crippen LogP contribution in [-0.2, 0) is 14.2 Å². The van der Waals surface area contributed by atoms with E-state index in [1.807, 2.05) is 19.0 Å². The highest BCUT2D eigenvalue weighted by molar-refractivity contribution is 6.35. The van der Waals surface area contributed by atoms with Crippen LogP contribution in [0.3, 0.4) is 0 Å². The van der Waals surface area contributed by atoms with Crippen molar-refractivity contribution in [3.63, 3.8) is 0 Å². The zero-order valence-corrected chi connectivity index (χ0v) is 11.2. The molecule has 4 nitrogen and oxygen atoms in total. The molecule has 0 fully saturated rings. The molecule has 0 radical (unpaired) electrons. The number of ether oxygens (including phenoxy) is 3. The fraction of sp³-hybridized carbons (Fsp3) is 1.00. The largest absolute Gasteiger partial charge is 0.366 e. The Bertz CT molecular complexity index is 121. The summed E-state index contributed by atoms with van der Waals surface area (Å²) in [6.45, 7) is 1.58. The fourth-order valence-electron chi connectivity index (χ4n) is 1.09. The van der Waals surface area contributed by atoms with Crippen molar-refractivity contribution >= 4 is 9.52 Å². The molecule has 0 atom stereocenters. The van der Waals surface area contributed by atoms with Gasteiger partial charge in [0.15, 0.2) is 6.29 Å². The molecule has 0 aromatic heterocycles. The minimum Gasteiger partial charge on any atom is -0.366 e. The zero-order chi connectivity index (χ0) is 10.8. The van der Waals surface area contributed by atoms with Gasteiger partial charge in [-0.15, -0.1) is 0 Å². The van der Waals surface area contributed by atoms with Gasteiger partial charge in [-0.3, -0.25) is 4.90 Å². The Morgan fingerprint density at radius 3 is 2.36 bits per heavy atom. The third-order valence-electron chi connectivity index (χ3n) is 1.85. The highest BCUT2D eigenvalue weighted by atomic mass is 28.2. The Kier molecular flexibility index (Phi) is 9.64. The molecule has 0 saturated heterocycles. The molecule has 5 heteroatoms. The maximum Gasteiger partial charge on any atom is 0.153 e. The SMILES string of the molecule is COC(C[SiH2]CCOCN(C)C)OC. The Labute approximate surface area is 89.3 Å². The monoisotopic (exact) mass is 221 g/mol. The van der Waals surface area contributed by atoms with Gasteiger partial charge in [0.25, 0.3) is 0 Å². The normalized spacial score (nSPS) is 12.4. The molecule has 0 aromatic carbocycles. The molecule has 0 bridgehead atoms. The smallest absolute Gasteiger partial charge is 0.153 e. The second kappa shape index (κ2) is 9.61. The number of hydrogen-bond donors (Lipinski definition) is 0. The van der Waals surface area contributed by atoms with Crippen LogP contribution in [-0.4, -0.2) is 62.4 Å². The molecule has 0 aliphatic rings. The summed E-state index contributed by atoms with van der Waals surface area (Å²) in [5, 5.41) is 0. The molecule has 86 valence electrons. The van der Waals surface area contributed by atoms with E-state index in [2.05, 4.69) is 0 Å². The number of methoxy groups -OCH3 is 2. The van der Waals surface area contributed by atoms with Crippen molar-refractivity contribution < 1.29 is 14.2 Å². The zero-order valence-electron chi connectivity index (χ0n) is 9.78. The quantitative estimate of drug-likeness (QED) is 0.315. The van der Waals surface area contributed by atoms with Gasteiger partial charge >= 0.3 is 0 Å². The van der Waals surface area contributed by atoms with Gasteiger partial charge in [0.05, 0.1) is 6.73 Å². The number of rotatable bonds is 9.